The maximum Gasteiger partial charge on any atom is 0.256 e. The Morgan fingerprint density at radius 1 is 0.582 bits per heavy atom. The predicted octanol–water partition coefficient (Wildman–Crippen LogP) is 13.4. The van der Waals surface area contributed by atoms with Crippen molar-refractivity contribution in [3.8, 4) is 0 Å². The second-order valence-corrected chi connectivity index (χ2v) is 15.9. The van der Waals surface area contributed by atoms with Crippen LogP contribution in [0.1, 0.15) is 104 Å². The molecule has 19 nitrogen and oxygen atoms in total. The molecule has 2 aromatic heterocycles. The molecule has 24 heteroatoms. The van der Waals surface area contributed by atoms with E-state index < -0.39 is 0 Å². The molecular formula is C55H89Cl3IN14O5V-. The van der Waals surface area contributed by atoms with Crippen LogP contribution in [0.2, 0.25) is 5.28 Å². The summed E-state index contributed by atoms with van der Waals surface area (Å²) in [7, 11) is 3.55. The fourth-order valence-corrected chi connectivity index (χ4v) is 5.18. The zero-order valence-electron chi connectivity index (χ0n) is 45.4. The van der Waals surface area contributed by atoms with Crippen LogP contribution in [0, 0.1) is 4.43 Å². The summed E-state index contributed by atoms with van der Waals surface area (Å²) >= 11 is 7.99. The number of anilines is 5. The molecule has 0 aliphatic heterocycles. The van der Waals surface area contributed by atoms with Gasteiger partial charge in [-0.25, -0.2) is 16.4 Å². The molecule has 0 spiro atoms. The van der Waals surface area contributed by atoms with Crippen LogP contribution in [0.15, 0.2) is 126 Å². The first kappa shape index (κ1) is 85.3. The van der Waals surface area contributed by atoms with E-state index in [-0.39, 0.29) is 63.5 Å². The smallest absolute Gasteiger partial charge is 0.256 e. The minimum Gasteiger partial charge on any atom is -0.391 e. The second-order valence-electron chi connectivity index (χ2n) is 14.7. The summed E-state index contributed by atoms with van der Waals surface area (Å²) in [4.78, 5) is 53.2. The maximum atomic E-state index is 8.00. The molecule has 0 amide bonds. The van der Waals surface area contributed by atoms with E-state index in [4.69, 9.17) is 36.8 Å². The average Bonchev–Trinajstić information content (AvgIpc) is 3.45. The molecule has 0 fully saturated rings. The summed E-state index contributed by atoms with van der Waals surface area (Å²) in [5, 5.41) is 17.6. The molecule has 443 valence electrons. The Hall–Kier alpha value is -4.98. The number of oxime groups is 1. The van der Waals surface area contributed by atoms with Crippen LogP contribution >= 0.6 is 59.0 Å². The zero-order chi connectivity index (χ0) is 54.7. The van der Waals surface area contributed by atoms with E-state index in [9.17, 15) is 0 Å². The quantitative estimate of drug-likeness (QED) is 0.0135. The monoisotopic (exact) mass is 1310 g/mol. The number of aromatic nitrogens is 6. The molecule has 6 aromatic rings. The summed E-state index contributed by atoms with van der Waals surface area (Å²) in [6.45, 7) is 21.0. The number of halogens is 4. The number of nitrogens with one attached hydrogen (secondary N) is 5. The molecule has 0 saturated carbocycles. The second kappa shape index (κ2) is 62.2. The summed E-state index contributed by atoms with van der Waals surface area (Å²) in [6.07, 6.45) is 5.21. The molecule has 0 bridgehead atoms. The van der Waals surface area contributed by atoms with Gasteiger partial charge in [-0.15, -0.1) is 30.0 Å². The van der Waals surface area contributed by atoms with E-state index in [2.05, 4.69) is 135 Å². The molecule has 7 N–H and O–H groups in total. The van der Waals surface area contributed by atoms with Crippen molar-refractivity contribution in [2.24, 2.45) is 11.1 Å². The molecule has 0 atom stereocenters. The third-order valence-electron chi connectivity index (χ3n) is 8.55. The largest absolute Gasteiger partial charge is 0.391 e. The van der Waals surface area contributed by atoms with Gasteiger partial charge in [-0.2, -0.15) is 36.3 Å². The average molecular weight is 1310 g/mol. The Kier molecular flexibility index (Phi) is 67.2. The van der Waals surface area contributed by atoms with Crippen molar-refractivity contribution in [1.29, 1.82) is 0 Å². The van der Waals surface area contributed by atoms with Gasteiger partial charge in [0.25, 0.3) is 5.95 Å². The van der Waals surface area contributed by atoms with Crippen LogP contribution in [0.5, 0.6) is 0 Å². The van der Waals surface area contributed by atoms with Gasteiger partial charge in [0, 0.05) is 65.5 Å². The van der Waals surface area contributed by atoms with E-state index in [0.29, 0.717) is 56.2 Å². The number of benzene rings is 4. The number of hydroxylamine groups is 2. The van der Waals surface area contributed by atoms with Crippen molar-refractivity contribution < 1.29 is 42.7 Å². The van der Waals surface area contributed by atoms with Crippen molar-refractivity contribution in [2.45, 2.75) is 108 Å². The summed E-state index contributed by atoms with van der Waals surface area (Å²) < 4.78 is 2.09. The number of nitrogens with two attached hydrogens (primary N) is 1. The Labute approximate surface area is 515 Å². The van der Waals surface area contributed by atoms with Gasteiger partial charge < -0.3 is 53.5 Å². The minimum atomic E-state index is 0. The predicted molar refractivity (Wildman–Crippen MR) is 340 cm³/mol. The number of nitrogens with zero attached hydrogens (tertiary/aromatic N) is 8. The van der Waals surface area contributed by atoms with Crippen LogP contribution in [0.3, 0.4) is 0 Å². The Bertz CT molecular complexity index is 2150. The van der Waals surface area contributed by atoms with Crippen molar-refractivity contribution in [3.63, 3.8) is 0 Å². The number of hydrogen-bond acceptors (Lipinski definition) is 19. The van der Waals surface area contributed by atoms with Gasteiger partial charge >= 0.3 is 0 Å². The first-order chi connectivity index (χ1) is 36.2. The zero-order valence-corrected chi connectivity index (χ0v) is 51.4. The van der Waals surface area contributed by atoms with Gasteiger partial charge in [0.2, 0.25) is 29.1 Å². The number of carbonyl (C=O) groups is 1. The topological polar surface area (TPSA) is 233 Å². The van der Waals surface area contributed by atoms with Crippen molar-refractivity contribution in [2.75, 3.05) is 66.6 Å². The Morgan fingerprint density at radius 3 is 1.20 bits per heavy atom. The fraction of sp³-hybridized carbons (Fsp3) is 0.400. The molecule has 0 aliphatic rings. The van der Waals surface area contributed by atoms with Crippen molar-refractivity contribution in [3.05, 3.63) is 153 Å². The van der Waals surface area contributed by atoms with Crippen LogP contribution in [-0.2, 0) is 69.1 Å². The van der Waals surface area contributed by atoms with Gasteiger partial charge in [-0.1, -0.05) is 171 Å². The summed E-state index contributed by atoms with van der Waals surface area (Å²) in [6, 6.07) is 39.7. The van der Waals surface area contributed by atoms with Crippen LogP contribution in [0.4, 0.5) is 29.7 Å². The molecule has 79 heavy (non-hydrogen) atoms. The van der Waals surface area contributed by atoms with E-state index in [1.807, 2.05) is 128 Å². The number of hydrogen-bond donors (Lipinski definition) is 6. The van der Waals surface area contributed by atoms with Gasteiger partial charge in [-0.05, 0) is 59.5 Å². The standard InChI is InChI=1S/C17H26N6O.C9H16ClN5.C8H11NO.C8H9NO.C7H9NO.C3H6I.CH2O.2CH4.2ClH.V/c1-4-11-18-15-20-16(19-12-5-2)22-17(21-15)23(3)24-13-14-9-7-6-8-10-14;1-3-5-11-8-13-7(10)14-9(15-8)12-6-4-2;2*1-9-10-7-8-5-3-2-4-6-8;8-9-6-7-4-2-1-3-5-7;1-2-3-4;1-2;;;;;/h6-10H,4-5,11-13H2,1-3H3,(H2,18,19,20,21,22);3-6H2,1-2H3,(H2,11,12,13,14,15);2-6,9H,7H2,1H3;2-6H,1,7H2;1-5H,6,8H2;3H,2H2,1H3;1H2;2*1H4;2*1H;/q;;;;;-1;;;;;;. The van der Waals surface area contributed by atoms with Gasteiger partial charge in [-0.3, -0.25) is 18.9 Å². The molecule has 0 saturated heterocycles. The molecule has 0 aliphatic carbocycles. The number of carbonyl (C=O) groups excluding carboxylic acids is 1. The first-order valence-corrected chi connectivity index (χ1v) is 25.9. The van der Waals surface area contributed by atoms with Gasteiger partial charge in [0.15, 0.2) is 0 Å². The fourth-order valence-electron chi connectivity index (χ4n) is 5.02. The third kappa shape index (κ3) is 47.5. The van der Waals surface area contributed by atoms with Crippen LogP contribution in [0.25, 0.3) is 0 Å². The molecular weight excluding hydrogens is 1220 g/mol. The molecule has 2 heterocycles. The molecule has 6 rings (SSSR count). The van der Waals surface area contributed by atoms with Crippen molar-refractivity contribution >= 4 is 102 Å². The van der Waals surface area contributed by atoms with Gasteiger partial charge in [0.05, 0.1) is 13.2 Å². The normalized spacial score (nSPS) is 8.94. The van der Waals surface area contributed by atoms with Gasteiger partial charge in [0.1, 0.15) is 20.0 Å². The van der Waals surface area contributed by atoms with E-state index in [1.54, 1.807) is 19.2 Å². The van der Waals surface area contributed by atoms with Crippen LogP contribution < -0.4 is 37.7 Å². The Balaban J connectivity index is -0.000000212. The third-order valence-corrected chi connectivity index (χ3v) is 9.60. The van der Waals surface area contributed by atoms with E-state index >= 15 is 0 Å². The van der Waals surface area contributed by atoms with Crippen LogP contribution in [-0.4, -0.2) is 83.7 Å². The van der Waals surface area contributed by atoms with E-state index in [0.717, 1.165) is 68.6 Å². The molecule has 1 radical (unpaired) electrons. The molecule has 0 unspecified atom stereocenters. The maximum absolute atomic E-state index is 8.00. The number of rotatable bonds is 25. The summed E-state index contributed by atoms with van der Waals surface area (Å²) in [5.41, 5.74) is 7.09. The Morgan fingerprint density at radius 2 is 0.899 bits per heavy atom. The molecule has 4 aromatic carbocycles. The van der Waals surface area contributed by atoms with E-state index in [1.165, 1.54) is 12.0 Å². The van der Waals surface area contributed by atoms with Crippen molar-refractivity contribution in [1.82, 2.24) is 35.4 Å². The SMILES string of the molecule is C.C.C=NOCc1ccccc1.C=O.CCCNc1nc(Cl)nc(NCCC)n1.CCCNc1nc(NCCC)nc(N(C)OCc2ccccc2)n1.CC[CH-]I.CNOCc1ccccc1.Cl.Cl.NOCc1ccccc1.[V]. The summed E-state index contributed by atoms with van der Waals surface area (Å²) in [5.74, 6) is 7.48. The minimum absolute atomic E-state index is 0. The first-order valence-electron chi connectivity index (χ1n) is 24.2.